The fourth-order valence-electron chi connectivity index (χ4n) is 1.40. The zero-order valence-electron chi connectivity index (χ0n) is 10.0. The fraction of sp³-hybridized carbons (Fsp3) is 0.333. The van der Waals surface area contributed by atoms with Crippen LogP contribution in [0.4, 0.5) is 5.69 Å². The molecule has 0 aliphatic rings. The molecule has 4 N–H and O–H groups in total. The van der Waals surface area contributed by atoms with E-state index in [1.807, 2.05) is 26.0 Å². The predicted molar refractivity (Wildman–Crippen MR) is 66.6 cm³/mol. The molecular weight excluding hydrogens is 218 g/mol. The van der Waals surface area contributed by atoms with Crippen molar-refractivity contribution in [3.8, 4) is 0 Å². The Balaban J connectivity index is 2.64. The van der Waals surface area contributed by atoms with Crippen LogP contribution >= 0.6 is 0 Å². The summed E-state index contributed by atoms with van der Waals surface area (Å²) >= 11 is 0. The zero-order valence-corrected chi connectivity index (χ0v) is 10.0. The van der Waals surface area contributed by atoms with Gasteiger partial charge in [-0.3, -0.25) is 9.59 Å². The Hall–Kier alpha value is -1.88. The minimum absolute atomic E-state index is 0.291. The van der Waals surface area contributed by atoms with Gasteiger partial charge in [0.2, 0.25) is 0 Å². The molecule has 1 rings (SSSR count). The number of hydrogen-bond donors (Lipinski definition) is 3. The van der Waals surface area contributed by atoms with Crippen LogP contribution in [-0.4, -0.2) is 24.9 Å². The van der Waals surface area contributed by atoms with Gasteiger partial charge in [0.25, 0.3) is 0 Å². The minimum Gasteiger partial charge on any atom is -0.347 e. The average Bonchev–Trinajstić information content (AvgIpc) is 2.29. The van der Waals surface area contributed by atoms with E-state index in [2.05, 4.69) is 10.6 Å². The molecule has 1 aromatic rings. The highest BCUT2D eigenvalue weighted by molar-refractivity contribution is 6.39. The van der Waals surface area contributed by atoms with Gasteiger partial charge in [0.05, 0.1) is 0 Å². The Morgan fingerprint density at radius 2 is 1.94 bits per heavy atom. The molecule has 0 fully saturated rings. The van der Waals surface area contributed by atoms with Crippen LogP contribution in [-0.2, 0) is 9.59 Å². The molecule has 0 saturated carbocycles. The summed E-state index contributed by atoms with van der Waals surface area (Å²) in [4.78, 5) is 22.8. The summed E-state index contributed by atoms with van der Waals surface area (Å²) < 4.78 is 0. The second-order valence-corrected chi connectivity index (χ2v) is 3.82. The quantitative estimate of drug-likeness (QED) is 0.659. The van der Waals surface area contributed by atoms with E-state index in [4.69, 9.17) is 5.73 Å². The van der Waals surface area contributed by atoms with E-state index < -0.39 is 11.8 Å². The van der Waals surface area contributed by atoms with Gasteiger partial charge in [0.1, 0.15) is 0 Å². The highest BCUT2D eigenvalue weighted by Gasteiger charge is 2.13. The van der Waals surface area contributed by atoms with Crippen molar-refractivity contribution >= 4 is 17.5 Å². The minimum atomic E-state index is -0.676. The Kier molecular flexibility index (Phi) is 4.66. The maximum Gasteiger partial charge on any atom is 0.313 e. The summed E-state index contributed by atoms with van der Waals surface area (Å²) in [6.07, 6.45) is 0. The third kappa shape index (κ3) is 3.88. The third-order valence-electron chi connectivity index (χ3n) is 2.27. The molecule has 17 heavy (non-hydrogen) atoms. The first kappa shape index (κ1) is 13.2. The Morgan fingerprint density at radius 3 is 2.53 bits per heavy atom. The van der Waals surface area contributed by atoms with Gasteiger partial charge in [0.15, 0.2) is 0 Å². The highest BCUT2D eigenvalue weighted by Crippen LogP contribution is 2.15. The van der Waals surface area contributed by atoms with E-state index in [0.717, 1.165) is 11.1 Å². The Labute approximate surface area is 100 Å². The van der Waals surface area contributed by atoms with Gasteiger partial charge in [-0.25, -0.2) is 0 Å². The van der Waals surface area contributed by atoms with Crippen LogP contribution < -0.4 is 16.4 Å². The van der Waals surface area contributed by atoms with E-state index in [0.29, 0.717) is 18.8 Å². The van der Waals surface area contributed by atoms with Crippen LogP contribution in [0.5, 0.6) is 0 Å². The Morgan fingerprint density at radius 1 is 1.24 bits per heavy atom. The molecule has 0 aliphatic carbocycles. The normalized spacial score (nSPS) is 9.82. The van der Waals surface area contributed by atoms with Crippen molar-refractivity contribution in [1.29, 1.82) is 0 Å². The van der Waals surface area contributed by atoms with Gasteiger partial charge in [-0.2, -0.15) is 0 Å². The molecule has 0 aromatic heterocycles. The average molecular weight is 235 g/mol. The van der Waals surface area contributed by atoms with E-state index in [1.54, 1.807) is 6.07 Å². The molecule has 0 saturated heterocycles. The van der Waals surface area contributed by atoms with Gasteiger partial charge >= 0.3 is 11.8 Å². The predicted octanol–water partition coefficient (Wildman–Crippen LogP) is 0.317. The number of nitrogens with one attached hydrogen (secondary N) is 2. The van der Waals surface area contributed by atoms with Crippen molar-refractivity contribution in [1.82, 2.24) is 5.32 Å². The molecule has 2 amide bonds. The van der Waals surface area contributed by atoms with Crippen molar-refractivity contribution in [3.63, 3.8) is 0 Å². The first-order valence-electron chi connectivity index (χ1n) is 5.41. The van der Waals surface area contributed by atoms with Crippen molar-refractivity contribution < 1.29 is 9.59 Å². The fourth-order valence-corrected chi connectivity index (χ4v) is 1.40. The summed E-state index contributed by atoms with van der Waals surface area (Å²) in [6.45, 7) is 4.44. The number of anilines is 1. The van der Waals surface area contributed by atoms with Crippen LogP contribution in [0.2, 0.25) is 0 Å². The number of benzene rings is 1. The molecule has 0 bridgehead atoms. The zero-order chi connectivity index (χ0) is 12.8. The highest BCUT2D eigenvalue weighted by atomic mass is 16.2. The number of aryl methyl sites for hydroxylation is 2. The number of nitrogens with two attached hydrogens (primary N) is 1. The topological polar surface area (TPSA) is 84.2 Å². The lowest BCUT2D eigenvalue weighted by atomic mass is 10.1. The monoisotopic (exact) mass is 235 g/mol. The number of amides is 2. The Bertz CT molecular complexity index is 430. The second kappa shape index (κ2) is 6.00. The molecule has 0 radical (unpaired) electrons. The largest absolute Gasteiger partial charge is 0.347 e. The molecule has 0 unspecified atom stereocenters. The number of hydrogen-bond acceptors (Lipinski definition) is 3. The standard InChI is InChI=1S/C12H17N3O2/c1-8-3-4-10(9(2)7-8)15-12(17)11(16)14-6-5-13/h3-4,7H,5-6,13H2,1-2H3,(H,14,16)(H,15,17). The van der Waals surface area contributed by atoms with Gasteiger partial charge in [-0.15, -0.1) is 0 Å². The first-order valence-corrected chi connectivity index (χ1v) is 5.41. The number of rotatable bonds is 3. The van der Waals surface area contributed by atoms with Crippen LogP contribution in [0, 0.1) is 13.8 Å². The van der Waals surface area contributed by atoms with Gasteiger partial charge in [-0.05, 0) is 25.5 Å². The first-order chi connectivity index (χ1) is 8.04. The smallest absolute Gasteiger partial charge is 0.313 e. The third-order valence-corrected chi connectivity index (χ3v) is 2.27. The van der Waals surface area contributed by atoms with Crippen molar-refractivity contribution in [2.45, 2.75) is 13.8 Å². The molecule has 1 aromatic carbocycles. The molecule has 0 spiro atoms. The maximum absolute atomic E-state index is 11.5. The second-order valence-electron chi connectivity index (χ2n) is 3.82. The van der Waals surface area contributed by atoms with E-state index >= 15 is 0 Å². The molecule has 0 atom stereocenters. The van der Waals surface area contributed by atoms with Crippen LogP contribution in [0.1, 0.15) is 11.1 Å². The van der Waals surface area contributed by atoms with Crippen LogP contribution in [0.3, 0.4) is 0 Å². The van der Waals surface area contributed by atoms with Gasteiger partial charge in [-0.1, -0.05) is 17.7 Å². The maximum atomic E-state index is 11.5. The summed E-state index contributed by atoms with van der Waals surface area (Å²) in [5.41, 5.74) is 7.89. The summed E-state index contributed by atoms with van der Waals surface area (Å²) in [6, 6.07) is 5.59. The summed E-state index contributed by atoms with van der Waals surface area (Å²) in [5, 5.41) is 4.96. The molecule has 0 heterocycles. The van der Waals surface area contributed by atoms with Crippen LogP contribution in [0.15, 0.2) is 18.2 Å². The van der Waals surface area contributed by atoms with Crippen molar-refractivity contribution in [2.24, 2.45) is 5.73 Å². The van der Waals surface area contributed by atoms with Crippen molar-refractivity contribution in [2.75, 3.05) is 18.4 Å². The molecule has 92 valence electrons. The summed E-state index contributed by atoms with van der Waals surface area (Å²) in [5.74, 6) is -1.35. The molecule has 0 aliphatic heterocycles. The van der Waals surface area contributed by atoms with Gasteiger partial charge < -0.3 is 16.4 Å². The number of carbonyl (C=O) groups excluding carboxylic acids is 2. The van der Waals surface area contributed by atoms with E-state index in [-0.39, 0.29) is 0 Å². The van der Waals surface area contributed by atoms with Crippen molar-refractivity contribution in [3.05, 3.63) is 29.3 Å². The molecular formula is C12H17N3O2. The SMILES string of the molecule is Cc1ccc(NC(=O)C(=O)NCCN)c(C)c1. The molecule has 5 heteroatoms. The lowest BCUT2D eigenvalue weighted by molar-refractivity contribution is -0.136. The molecule has 5 nitrogen and oxygen atoms in total. The van der Waals surface area contributed by atoms with E-state index in [1.165, 1.54) is 0 Å². The van der Waals surface area contributed by atoms with Gasteiger partial charge in [0, 0.05) is 18.8 Å². The lowest BCUT2D eigenvalue weighted by Crippen LogP contribution is -2.38. The number of carbonyl (C=O) groups is 2. The summed E-state index contributed by atoms with van der Waals surface area (Å²) in [7, 11) is 0. The van der Waals surface area contributed by atoms with E-state index in [9.17, 15) is 9.59 Å². The van der Waals surface area contributed by atoms with Crippen LogP contribution in [0.25, 0.3) is 0 Å². The lowest BCUT2D eigenvalue weighted by Gasteiger charge is -2.08.